The molecule has 0 unspecified atom stereocenters. The smallest absolute Gasteiger partial charge is 0.287 e. The summed E-state index contributed by atoms with van der Waals surface area (Å²) in [6, 6.07) is 3.44. The van der Waals surface area contributed by atoms with Gasteiger partial charge in [0.1, 0.15) is 17.1 Å². The van der Waals surface area contributed by atoms with Gasteiger partial charge in [-0.15, -0.1) is 0 Å². The normalized spacial score (nSPS) is 11.6. The maximum absolute atomic E-state index is 13.0. The number of rotatable bonds is 7. The van der Waals surface area contributed by atoms with Crippen LogP contribution in [0.2, 0.25) is 0 Å². The molecule has 1 amide bonds. The Hall–Kier alpha value is -3.11. The van der Waals surface area contributed by atoms with Crippen LogP contribution in [0.15, 0.2) is 28.8 Å². The summed E-state index contributed by atoms with van der Waals surface area (Å²) >= 11 is 0. The number of carbonyl (C=O) groups excluding carboxylic acids is 1. The van der Waals surface area contributed by atoms with E-state index >= 15 is 0 Å². The number of halogens is 4. The summed E-state index contributed by atoms with van der Waals surface area (Å²) in [5.74, 6) is -0.401. The van der Waals surface area contributed by atoms with Crippen molar-refractivity contribution in [2.24, 2.45) is 7.05 Å². The fourth-order valence-corrected chi connectivity index (χ4v) is 2.57. The summed E-state index contributed by atoms with van der Waals surface area (Å²) in [5, 5.41) is 10.2. The van der Waals surface area contributed by atoms with Crippen molar-refractivity contribution in [1.29, 1.82) is 0 Å². The molecule has 0 radical (unpaired) electrons. The number of furan rings is 1. The van der Waals surface area contributed by atoms with Crippen molar-refractivity contribution in [3.05, 3.63) is 58.6 Å². The Bertz CT molecular complexity index is 976. The molecule has 3 heterocycles. The van der Waals surface area contributed by atoms with Gasteiger partial charge < -0.3 is 9.73 Å². The van der Waals surface area contributed by atoms with E-state index in [2.05, 4.69) is 15.5 Å². The first kappa shape index (κ1) is 19.6. The van der Waals surface area contributed by atoms with E-state index in [-0.39, 0.29) is 24.6 Å². The maximum Gasteiger partial charge on any atom is 0.287 e. The number of alkyl halides is 4. The number of hydrogen-bond donors (Lipinski definition) is 1. The van der Waals surface area contributed by atoms with E-state index < -0.39 is 30.1 Å². The number of aryl methyl sites for hydroxylation is 1. The SMILES string of the molecule is Cc1c(CNC(=O)c2ccc(Cn3nc(C(F)F)cc3C(F)F)o2)cnn1C. The zero-order chi connectivity index (χ0) is 20.4. The van der Waals surface area contributed by atoms with Crippen LogP contribution < -0.4 is 5.32 Å². The zero-order valence-electron chi connectivity index (χ0n) is 15.0. The molecule has 0 atom stereocenters. The number of amides is 1. The van der Waals surface area contributed by atoms with Crippen molar-refractivity contribution >= 4 is 5.91 Å². The van der Waals surface area contributed by atoms with Crippen LogP contribution in [0.1, 0.15) is 51.8 Å². The molecule has 28 heavy (non-hydrogen) atoms. The lowest BCUT2D eigenvalue weighted by molar-refractivity contribution is 0.0920. The summed E-state index contributed by atoms with van der Waals surface area (Å²) < 4.78 is 59.3. The molecular formula is C17H17F4N5O2. The van der Waals surface area contributed by atoms with Crippen LogP contribution >= 0.6 is 0 Å². The van der Waals surface area contributed by atoms with Crippen LogP contribution in [0.4, 0.5) is 17.6 Å². The Morgan fingerprint density at radius 2 is 2.00 bits per heavy atom. The molecule has 150 valence electrons. The molecule has 0 fully saturated rings. The molecule has 0 saturated heterocycles. The van der Waals surface area contributed by atoms with E-state index in [1.165, 1.54) is 12.1 Å². The van der Waals surface area contributed by atoms with Crippen LogP contribution in [-0.2, 0) is 20.1 Å². The fraction of sp³-hybridized carbons (Fsp3) is 0.353. The second-order valence-corrected chi connectivity index (χ2v) is 6.08. The molecule has 0 aromatic carbocycles. The average molecular weight is 399 g/mol. The second-order valence-electron chi connectivity index (χ2n) is 6.08. The maximum atomic E-state index is 13.0. The van der Waals surface area contributed by atoms with E-state index in [0.717, 1.165) is 15.9 Å². The highest BCUT2D eigenvalue weighted by atomic mass is 19.3. The fourth-order valence-electron chi connectivity index (χ4n) is 2.57. The molecule has 0 aliphatic rings. The molecule has 3 rings (SSSR count). The van der Waals surface area contributed by atoms with Gasteiger partial charge >= 0.3 is 0 Å². The lowest BCUT2D eigenvalue weighted by Gasteiger charge is -2.05. The number of nitrogens with one attached hydrogen (secondary N) is 1. The minimum absolute atomic E-state index is 0.0311. The summed E-state index contributed by atoms with van der Waals surface area (Å²) in [7, 11) is 1.78. The molecule has 3 aromatic heterocycles. The number of nitrogens with zero attached hydrogens (tertiary/aromatic N) is 4. The molecule has 3 aromatic rings. The Kier molecular flexibility index (Phi) is 5.52. The highest BCUT2D eigenvalue weighted by Gasteiger charge is 2.22. The molecular weight excluding hydrogens is 382 g/mol. The van der Waals surface area contributed by atoms with Crippen molar-refractivity contribution in [1.82, 2.24) is 24.9 Å². The van der Waals surface area contributed by atoms with E-state index in [0.29, 0.717) is 6.07 Å². The Balaban J connectivity index is 1.68. The van der Waals surface area contributed by atoms with Gasteiger partial charge in [0, 0.05) is 24.8 Å². The topological polar surface area (TPSA) is 77.9 Å². The first-order valence-electron chi connectivity index (χ1n) is 8.24. The zero-order valence-corrected chi connectivity index (χ0v) is 15.0. The molecule has 7 nitrogen and oxygen atoms in total. The first-order valence-corrected chi connectivity index (χ1v) is 8.24. The van der Waals surface area contributed by atoms with Gasteiger partial charge in [-0.3, -0.25) is 14.2 Å². The Labute approximate surface area is 156 Å². The van der Waals surface area contributed by atoms with Crippen LogP contribution in [-0.4, -0.2) is 25.5 Å². The largest absolute Gasteiger partial charge is 0.454 e. The van der Waals surface area contributed by atoms with Gasteiger partial charge in [0.2, 0.25) is 0 Å². The highest BCUT2D eigenvalue weighted by molar-refractivity contribution is 5.91. The van der Waals surface area contributed by atoms with Crippen LogP contribution in [0.25, 0.3) is 0 Å². The molecule has 0 spiro atoms. The van der Waals surface area contributed by atoms with Gasteiger partial charge in [0.05, 0.1) is 12.7 Å². The van der Waals surface area contributed by atoms with Crippen molar-refractivity contribution < 1.29 is 26.8 Å². The highest BCUT2D eigenvalue weighted by Crippen LogP contribution is 2.26. The van der Waals surface area contributed by atoms with Crippen LogP contribution in [0.3, 0.4) is 0 Å². The summed E-state index contributed by atoms with van der Waals surface area (Å²) in [6.07, 6.45) is -4.30. The molecule has 0 saturated carbocycles. The van der Waals surface area contributed by atoms with Crippen molar-refractivity contribution in [3.63, 3.8) is 0 Å². The van der Waals surface area contributed by atoms with Gasteiger partial charge in [-0.25, -0.2) is 17.6 Å². The monoisotopic (exact) mass is 399 g/mol. The van der Waals surface area contributed by atoms with Gasteiger partial charge in [0.15, 0.2) is 5.76 Å². The van der Waals surface area contributed by atoms with Crippen LogP contribution in [0.5, 0.6) is 0 Å². The van der Waals surface area contributed by atoms with Crippen LogP contribution in [0, 0.1) is 6.92 Å². The Morgan fingerprint density at radius 1 is 1.25 bits per heavy atom. The summed E-state index contributed by atoms with van der Waals surface area (Å²) in [6.45, 7) is 1.79. The van der Waals surface area contributed by atoms with E-state index in [1.807, 2.05) is 6.92 Å². The second kappa shape index (κ2) is 7.87. The standard InChI is InChI=1S/C17H17F4N5O2/c1-9-10(7-23-25(9)2)6-22-17(27)14-4-3-11(28-14)8-26-13(16(20)21)5-12(24-26)15(18)19/h3-5,7,15-16H,6,8H2,1-2H3,(H,22,27). The molecule has 1 N–H and O–H groups in total. The predicted molar refractivity (Wildman–Crippen MR) is 89.1 cm³/mol. The van der Waals surface area contributed by atoms with Gasteiger partial charge in [0.25, 0.3) is 18.8 Å². The minimum Gasteiger partial charge on any atom is -0.454 e. The first-order chi connectivity index (χ1) is 13.3. The third-order valence-electron chi connectivity index (χ3n) is 4.24. The lowest BCUT2D eigenvalue weighted by atomic mass is 10.2. The van der Waals surface area contributed by atoms with Crippen molar-refractivity contribution in [3.8, 4) is 0 Å². The van der Waals surface area contributed by atoms with E-state index in [4.69, 9.17) is 4.42 Å². The lowest BCUT2D eigenvalue weighted by Crippen LogP contribution is -2.22. The molecule has 0 bridgehead atoms. The number of hydrogen-bond acceptors (Lipinski definition) is 4. The summed E-state index contributed by atoms with van der Waals surface area (Å²) in [4.78, 5) is 12.2. The quantitative estimate of drug-likeness (QED) is 0.618. The molecule has 11 heteroatoms. The number of aromatic nitrogens is 4. The molecule has 0 aliphatic heterocycles. The minimum atomic E-state index is -2.97. The van der Waals surface area contributed by atoms with E-state index in [1.54, 1.807) is 17.9 Å². The summed E-state index contributed by atoms with van der Waals surface area (Å²) in [5.41, 5.74) is 0.338. The van der Waals surface area contributed by atoms with Gasteiger partial charge in [-0.05, 0) is 25.1 Å². The Morgan fingerprint density at radius 3 is 2.61 bits per heavy atom. The van der Waals surface area contributed by atoms with Gasteiger partial charge in [-0.2, -0.15) is 10.2 Å². The van der Waals surface area contributed by atoms with Crippen molar-refractivity contribution in [2.75, 3.05) is 0 Å². The third-order valence-corrected chi connectivity index (χ3v) is 4.24. The predicted octanol–water partition coefficient (Wildman–Crippen LogP) is 3.37. The average Bonchev–Trinajstić information content (AvgIpc) is 3.35. The third kappa shape index (κ3) is 4.07. The number of carbonyl (C=O) groups is 1. The van der Waals surface area contributed by atoms with E-state index in [9.17, 15) is 22.4 Å². The van der Waals surface area contributed by atoms with Crippen molar-refractivity contribution in [2.45, 2.75) is 32.9 Å². The van der Waals surface area contributed by atoms with Gasteiger partial charge in [-0.1, -0.05) is 0 Å². The molecule has 0 aliphatic carbocycles.